The molecule has 0 saturated carbocycles. The number of ether oxygens (including phenoxy) is 2. The highest BCUT2D eigenvalue weighted by atomic mass is 19.4. The van der Waals surface area contributed by atoms with E-state index in [1.807, 2.05) is 5.32 Å². The van der Waals surface area contributed by atoms with Gasteiger partial charge in [0.25, 0.3) is 0 Å². The predicted molar refractivity (Wildman–Crippen MR) is 221 cm³/mol. The van der Waals surface area contributed by atoms with Crippen molar-refractivity contribution in [3.8, 4) is 23.1 Å². The van der Waals surface area contributed by atoms with Crippen molar-refractivity contribution in [3.05, 3.63) is 95.2 Å². The van der Waals surface area contributed by atoms with Gasteiger partial charge in [-0.2, -0.15) is 22.0 Å². The summed E-state index contributed by atoms with van der Waals surface area (Å²) in [6, 6.07) is 6.29. The molecule has 4 aromatic rings. The van der Waals surface area contributed by atoms with Crippen molar-refractivity contribution < 1.29 is 54.9 Å². The fraction of sp³-hybridized carbons (Fsp3) is 0.477. The molecule has 3 saturated heterocycles. The Morgan fingerprint density at radius 2 is 1.57 bits per heavy atom. The van der Waals surface area contributed by atoms with Gasteiger partial charge in [0.05, 0.1) is 61.5 Å². The van der Waals surface area contributed by atoms with Gasteiger partial charge in [-0.25, -0.2) is 28.5 Å². The number of anilines is 1. The number of hydrogen-bond donors (Lipinski definition) is 4. The maximum Gasteiger partial charge on any atom is 0.407 e. The van der Waals surface area contributed by atoms with Gasteiger partial charge in [0.2, 0.25) is 11.9 Å². The summed E-state index contributed by atoms with van der Waals surface area (Å²) in [5.41, 5.74) is -1.81. The molecule has 3 aliphatic rings. The molecular formula is C44H48F7N9O5. The van der Waals surface area contributed by atoms with Gasteiger partial charge < -0.3 is 35.4 Å². The molecule has 5 heterocycles. The van der Waals surface area contributed by atoms with Crippen LogP contribution in [0.4, 0.5) is 41.5 Å². The number of aliphatic hydroxyl groups is 1. The first-order chi connectivity index (χ1) is 30.9. The molecule has 348 valence electrons. The standard InChI is InChI=1S/C44H48F7N9O5/c1-43(2,44(49,50)51)38(57-42(63)64-3)39(62)56-35(37(61)18-52-17-32-33(45)13-28(14-34(32)46)36-21-59(24-55-36)40(47)48)12-26-7-4-25(5-8-26)6-9-27-15-53-41(54-16-27)58-19-29-10-11-30(20-58)60(29)31-22-65-23-31/h4-5,7-8,13-16,21,24,29-31,35,37-38,40,52,61H,10-12,17-20,22-23H2,1-3H3,(H,56,62)(H,57,63)/t29?,30?,35-,37-,38+/m0/s1. The minimum absolute atomic E-state index is 0.100. The number of piperazine rings is 1. The van der Waals surface area contributed by atoms with Crippen LogP contribution in [0.25, 0.3) is 11.3 Å². The van der Waals surface area contributed by atoms with E-state index in [2.05, 4.69) is 52.0 Å². The van der Waals surface area contributed by atoms with Gasteiger partial charge in [0.15, 0.2) is 0 Å². The van der Waals surface area contributed by atoms with Gasteiger partial charge >= 0.3 is 18.8 Å². The van der Waals surface area contributed by atoms with E-state index in [1.165, 1.54) is 0 Å². The second-order valence-electron chi connectivity index (χ2n) is 16.9. The van der Waals surface area contributed by atoms with Gasteiger partial charge in [-0.15, -0.1) is 0 Å². The number of aromatic nitrogens is 4. The van der Waals surface area contributed by atoms with E-state index in [4.69, 9.17) is 4.74 Å². The van der Waals surface area contributed by atoms with Crippen LogP contribution in [0, 0.1) is 28.9 Å². The Balaban J connectivity index is 1.03. The van der Waals surface area contributed by atoms with E-state index >= 15 is 8.78 Å². The van der Waals surface area contributed by atoms with E-state index in [-0.39, 0.29) is 17.7 Å². The van der Waals surface area contributed by atoms with Crippen molar-refractivity contribution in [2.45, 2.75) is 88.7 Å². The monoisotopic (exact) mass is 915 g/mol. The Morgan fingerprint density at radius 1 is 0.938 bits per heavy atom. The lowest BCUT2D eigenvalue weighted by Gasteiger charge is -2.47. The largest absolute Gasteiger partial charge is 0.453 e. The number of imidazole rings is 1. The van der Waals surface area contributed by atoms with Crippen LogP contribution >= 0.6 is 0 Å². The van der Waals surface area contributed by atoms with Crippen LogP contribution in [0.5, 0.6) is 0 Å². The number of halogens is 7. The second-order valence-corrected chi connectivity index (χ2v) is 16.9. The van der Waals surface area contributed by atoms with Crippen LogP contribution in [0.15, 0.2) is 61.3 Å². The molecular weight excluding hydrogens is 868 g/mol. The number of hydrogen-bond acceptors (Lipinski definition) is 11. The highest BCUT2D eigenvalue weighted by Gasteiger charge is 2.56. The van der Waals surface area contributed by atoms with E-state index in [0.29, 0.717) is 45.3 Å². The number of carbonyl (C=O) groups excluding carboxylic acids is 2. The molecule has 0 radical (unpaired) electrons. The van der Waals surface area contributed by atoms with E-state index in [9.17, 15) is 36.6 Å². The minimum Gasteiger partial charge on any atom is -0.453 e. The zero-order chi connectivity index (χ0) is 46.6. The van der Waals surface area contributed by atoms with Crippen LogP contribution in [0.1, 0.15) is 55.5 Å². The normalized spacial score (nSPS) is 19.2. The number of rotatable bonds is 15. The van der Waals surface area contributed by atoms with Crippen molar-refractivity contribution in [3.63, 3.8) is 0 Å². The zero-order valence-electron chi connectivity index (χ0n) is 35.6. The first-order valence-corrected chi connectivity index (χ1v) is 20.8. The Labute approximate surface area is 369 Å². The average molecular weight is 916 g/mol. The summed E-state index contributed by atoms with van der Waals surface area (Å²) in [7, 11) is 0.916. The molecule has 0 aliphatic carbocycles. The highest BCUT2D eigenvalue weighted by molar-refractivity contribution is 5.87. The minimum atomic E-state index is -4.98. The Kier molecular flexibility index (Phi) is 14.3. The predicted octanol–water partition coefficient (Wildman–Crippen LogP) is 4.96. The van der Waals surface area contributed by atoms with Crippen molar-refractivity contribution in [1.82, 2.24) is 40.4 Å². The Bertz CT molecular complexity index is 2330. The summed E-state index contributed by atoms with van der Waals surface area (Å²) in [4.78, 5) is 43.5. The first-order valence-electron chi connectivity index (χ1n) is 20.8. The lowest BCUT2D eigenvalue weighted by Crippen LogP contribution is -2.62. The number of carbonyl (C=O) groups is 2. The summed E-state index contributed by atoms with van der Waals surface area (Å²) < 4.78 is 109. The average Bonchev–Trinajstić information content (AvgIpc) is 3.84. The number of alkyl carbamates (subject to hydrolysis) is 1. The molecule has 4 N–H and O–H groups in total. The number of amides is 2. The van der Waals surface area contributed by atoms with Gasteiger partial charge in [-0.3, -0.25) is 14.3 Å². The fourth-order valence-electron chi connectivity index (χ4n) is 8.23. The Hall–Kier alpha value is -5.82. The molecule has 3 fully saturated rings. The third-order valence-corrected chi connectivity index (χ3v) is 12.1. The topological polar surface area (TPSA) is 159 Å². The molecule has 2 aromatic carbocycles. The molecule has 21 heteroatoms. The fourth-order valence-corrected chi connectivity index (χ4v) is 8.23. The van der Waals surface area contributed by atoms with Crippen molar-refractivity contribution in [2.75, 3.05) is 44.9 Å². The smallest absolute Gasteiger partial charge is 0.407 e. The van der Waals surface area contributed by atoms with Crippen molar-refractivity contribution >= 4 is 17.9 Å². The second kappa shape index (κ2) is 19.7. The maximum atomic E-state index is 15.1. The molecule has 7 rings (SSSR count). The van der Waals surface area contributed by atoms with Crippen LogP contribution in [0.2, 0.25) is 0 Å². The molecule has 65 heavy (non-hydrogen) atoms. The number of aliphatic hydroxyl groups excluding tert-OH is 1. The molecule has 14 nitrogen and oxygen atoms in total. The molecule has 5 atom stereocenters. The highest BCUT2D eigenvalue weighted by Crippen LogP contribution is 2.41. The summed E-state index contributed by atoms with van der Waals surface area (Å²) in [6.45, 7) is 0.855. The van der Waals surface area contributed by atoms with Crippen molar-refractivity contribution in [1.29, 1.82) is 0 Å². The van der Waals surface area contributed by atoms with E-state index in [1.54, 1.807) is 36.7 Å². The number of fused-ring (bicyclic) bond motifs is 2. The molecule has 2 aromatic heterocycles. The summed E-state index contributed by atoms with van der Waals surface area (Å²) in [5.74, 6) is 3.34. The lowest BCUT2D eigenvalue weighted by atomic mass is 9.82. The van der Waals surface area contributed by atoms with Crippen LogP contribution in [0.3, 0.4) is 0 Å². The third-order valence-electron chi connectivity index (χ3n) is 12.1. The lowest BCUT2D eigenvalue weighted by molar-refractivity contribution is -0.220. The number of alkyl halides is 5. The molecule has 0 spiro atoms. The molecule has 3 aliphatic heterocycles. The quantitative estimate of drug-likeness (QED) is 0.0945. The van der Waals surface area contributed by atoms with Gasteiger partial charge in [0.1, 0.15) is 17.7 Å². The van der Waals surface area contributed by atoms with E-state index in [0.717, 1.165) is 84.8 Å². The Morgan fingerprint density at radius 3 is 2.12 bits per heavy atom. The van der Waals surface area contributed by atoms with Crippen LogP contribution < -0.4 is 20.9 Å². The number of benzene rings is 2. The van der Waals surface area contributed by atoms with Crippen molar-refractivity contribution in [2.24, 2.45) is 5.41 Å². The van der Waals surface area contributed by atoms with Gasteiger partial charge in [0, 0.05) is 73.5 Å². The van der Waals surface area contributed by atoms with Crippen LogP contribution in [-0.4, -0.2) is 124 Å². The number of methoxy groups -OCH3 is 1. The molecule has 2 unspecified atom stereocenters. The molecule has 2 bridgehead atoms. The van der Waals surface area contributed by atoms with E-state index < -0.39 is 78.6 Å². The summed E-state index contributed by atoms with van der Waals surface area (Å²) in [6.07, 6.45) is -0.677. The SMILES string of the molecule is COC(=O)N[C@H](C(=O)N[C@@H](Cc1ccc(C#Cc2cnc(N3CC4CCC(C3)N4C3COC3)nc2)cc1)[C@@H](O)CNCc1c(F)cc(-c2cn(C(F)F)cn2)cc1F)C(C)(C)C(F)(F)F. The number of nitrogens with one attached hydrogen (secondary N) is 3. The number of nitrogens with zero attached hydrogens (tertiary/aromatic N) is 6. The third kappa shape index (κ3) is 10.8. The van der Waals surface area contributed by atoms with Gasteiger partial charge in [-0.1, -0.05) is 24.0 Å². The molecule has 2 amide bonds. The first kappa shape index (κ1) is 47.2. The summed E-state index contributed by atoms with van der Waals surface area (Å²) >= 11 is 0. The summed E-state index contributed by atoms with van der Waals surface area (Å²) in [5, 5.41) is 18.4. The van der Waals surface area contributed by atoms with Crippen LogP contribution in [-0.2, 0) is 27.2 Å². The van der Waals surface area contributed by atoms with Gasteiger partial charge in [-0.05, 0) is 62.9 Å². The maximum absolute atomic E-state index is 15.1. The zero-order valence-corrected chi connectivity index (χ0v) is 35.6.